The molecule has 0 radical (unpaired) electrons. The van der Waals surface area contributed by atoms with Gasteiger partial charge in [0.25, 0.3) is 5.56 Å². The van der Waals surface area contributed by atoms with E-state index in [4.69, 9.17) is 9.47 Å². The van der Waals surface area contributed by atoms with Crippen molar-refractivity contribution in [2.45, 2.75) is 6.54 Å². The molecule has 0 aliphatic rings. The largest absolute Gasteiger partial charge is 0.493 e. The van der Waals surface area contributed by atoms with E-state index in [1.165, 1.54) is 11.8 Å². The standard InChI is InChI=1S/C19H20N4O4/c1-23-18(24)14-7-5-4-6-13(14)15(22-23)11-20-19(25)21-12-8-9-16(26-2)17(10-12)27-3/h4-10H,11H2,1-3H3,(H2,20,21,25). The van der Waals surface area contributed by atoms with E-state index in [2.05, 4.69) is 15.7 Å². The first kappa shape index (κ1) is 18.2. The van der Waals surface area contributed by atoms with Gasteiger partial charge in [-0.05, 0) is 18.2 Å². The Bertz CT molecular complexity index is 1050. The first-order valence-corrected chi connectivity index (χ1v) is 8.25. The first-order valence-electron chi connectivity index (χ1n) is 8.25. The molecule has 0 bridgehead atoms. The Morgan fingerprint density at radius 1 is 1.07 bits per heavy atom. The third-order valence-electron chi connectivity index (χ3n) is 4.09. The van der Waals surface area contributed by atoms with Crippen LogP contribution in [0.3, 0.4) is 0 Å². The predicted octanol–water partition coefficient (Wildman–Crippen LogP) is 2.27. The predicted molar refractivity (Wildman–Crippen MR) is 102 cm³/mol. The highest BCUT2D eigenvalue weighted by Crippen LogP contribution is 2.29. The van der Waals surface area contributed by atoms with Crippen LogP contribution < -0.4 is 25.7 Å². The van der Waals surface area contributed by atoms with Crippen molar-refractivity contribution in [1.82, 2.24) is 15.1 Å². The molecule has 140 valence electrons. The maximum atomic E-state index is 12.2. The minimum Gasteiger partial charge on any atom is -0.493 e. The van der Waals surface area contributed by atoms with E-state index in [9.17, 15) is 9.59 Å². The summed E-state index contributed by atoms with van der Waals surface area (Å²) in [6.07, 6.45) is 0. The molecule has 2 N–H and O–H groups in total. The van der Waals surface area contributed by atoms with Crippen LogP contribution in [0.2, 0.25) is 0 Å². The molecule has 0 fully saturated rings. The quantitative estimate of drug-likeness (QED) is 0.720. The lowest BCUT2D eigenvalue weighted by molar-refractivity contribution is 0.251. The van der Waals surface area contributed by atoms with Crippen molar-refractivity contribution in [2.24, 2.45) is 7.05 Å². The molecule has 0 aliphatic heterocycles. The van der Waals surface area contributed by atoms with Crippen molar-refractivity contribution < 1.29 is 14.3 Å². The van der Waals surface area contributed by atoms with Crippen LogP contribution in [0.25, 0.3) is 10.8 Å². The van der Waals surface area contributed by atoms with Crippen LogP contribution in [0.1, 0.15) is 5.69 Å². The number of carbonyl (C=O) groups excluding carboxylic acids is 1. The molecule has 3 rings (SSSR count). The summed E-state index contributed by atoms with van der Waals surface area (Å²) in [5.41, 5.74) is 0.989. The lowest BCUT2D eigenvalue weighted by Gasteiger charge is -2.12. The second kappa shape index (κ2) is 7.77. The van der Waals surface area contributed by atoms with E-state index in [0.717, 1.165) is 0 Å². The molecular weight excluding hydrogens is 348 g/mol. The van der Waals surface area contributed by atoms with E-state index >= 15 is 0 Å². The summed E-state index contributed by atoms with van der Waals surface area (Å²) in [7, 11) is 4.66. The number of rotatable bonds is 5. The number of benzene rings is 2. The molecule has 1 heterocycles. The number of methoxy groups -OCH3 is 2. The molecule has 0 saturated carbocycles. The van der Waals surface area contributed by atoms with Gasteiger partial charge in [0, 0.05) is 24.2 Å². The van der Waals surface area contributed by atoms with Gasteiger partial charge < -0.3 is 20.1 Å². The lowest BCUT2D eigenvalue weighted by atomic mass is 10.1. The molecule has 0 spiro atoms. The van der Waals surface area contributed by atoms with Crippen molar-refractivity contribution >= 4 is 22.5 Å². The van der Waals surface area contributed by atoms with E-state index in [1.54, 1.807) is 44.5 Å². The summed E-state index contributed by atoms with van der Waals surface area (Å²) < 4.78 is 11.7. The molecule has 0 saturated heterocycles. The molecule has 3 aromatic rings. The molecule has 2 aromatic carbocycles. The van der Waals surface area contributed by atoms with Gasteiger partial charge in [-0.2, -0.15) is 5.10 Å². The van der Waals surface area contributed by atoms with Crippen LogP contribution in [0, 0.1) is 0 Å². The van der Waals surface area contributed by atoms with Crippen molar-refractivity contribution in [1.29, 1.82) is 0 Å². The van der Waals surface area contributed by atoms with Crippen molar-refractivity contribution in [3.8, 4) is 11.5 Å². The monoisotopic (exact) mass is 368 g/mol. The number of hydrogen-bond acceptors (Lipinski definition) is 5. The molecule has 27 heavy (non-hydrogen) atoms. The smallest absolute Gasteiger partial charge is 0.319 e. The van der Waals surface area contributed by atoms with Crippen LogP contribution in [0.15, 0.2) is 47.3 Å². The highest BCUT2D eigenvalue weighted by atomic mass is 16.5. The third-order valence-corrected chi connectivity index (χ3v) is 4.09. The number of amides is 2. The van der Waals surface area contributed by atoms with Crippen LogP contribution in [-0.4, -0.2) is 30.0 Å². The summed E-state index contributed by atoms with van der Waals surface area (Å²) in [5, 5.41) is 11.0. The van der Waals surface area contributed by atoms with Crippen LogP contribution >= 0.6 is 0 Å². The number of aromatic nitrogens is 2. The number of aryl methyl sites for hydroxylation is 1. The first-order chi connectivity index (χ1) is 13.0. The minimum absolute atomic E-state index is 0.174. The lowest BCUT2D eigenvalue weighted by Crippen LogP contribution is -2.30. The van der Waals surface area contributed by atoms with E-state index in [0.29, 0.717) is 33.7 Å². The van der Waals surface area contributed by atoms with Gasteiger partial charge in [0.2, 0.25) is 0 Å². The number of nitrogens with zero attached hydrogens (tertiary/aromatic N) is 2. The van der Waals surface area contributed by atoms with Gasteiger partial charge >= 0.3 is 6.03 Å². The third kappa shape index (κ3) is 3.84. The highest BCUT2D eigenvalue weighted by molar-refractivity contribution is 5.90. The fourth-order valence-corrected chi connectivity index (χ4v) is 2.76. The Morgan fingerprint density at radius 2 is 1.78 bits per heavy atom. The Kier molecular flexibility index (Phi) is 5.25. The normalized spacial score (nSPS) is 10.5. The SMILES string of the molecule is COc1ccc(NC(=O)NCc2nn(C)c(=O)c3ccccc23)cc1OC. The topological polar surface area (TPSA) is 94.5 Å². The molecule has 1 aromatic heterocycles. The highest BCUT2D eigenvalue weighted by Gasteiger charge is 2.11. The molecule has 2 amide bonds. The van der Waals surface area contributed by atoms with E-state index in [-0.39, 0.29) is 12.1 Å². The average molecular weight is 368 g/mol. The van der Waals surface area contributed by atoms with Gasteiger partial charge in [-0.1, -0.05) is 18.2 Å². The summed E-state index contributed by atoms with van der Waals surface area (Å²) in [6, 6.07) is 11.9. The van der Waals surface area contributed by atoms with Gasteiger partial charge in [-0.3, -0.25) is 4.79 Å². The Labute approximate surface area is 155 Å². The van der Waals surface area contributed by atoms with E-state index in [1.807, 2.05) is 12.1 Å². The number of ether oxygens (including phenoxy) is 2. The molecule has 8 heteroatoms. The van der Waals surface area contributed by atoms with E-state index < -0.39 is 6.03 Å². The maximum absolute atomic E-state index is 12.2. The van der Waals surface area contributed by atoms with Crippen molar-refractivity contribution in [3.63, 3.8) is 0 Å². The van der Waals surface area contributed by atoms with Crippen LogP contribution in [0.4, 0.5) is 10.5 Å². The van der Waals surface area contributed by atoms with Crippen molar-refractivity contribution in [3.05, 3.63) is 58.5 Å². The number of nitrogens with one attached hydrogen (secondary N) is 2. The number of urea groups is 1. The van der Waals surface area contributed by atoms with Gasteiger partial charge in [-0.15, -0.1) is 0 Å². The molecular formula is C19H20N4O4. The molecule has 0 atom stereocenters. The number of anilines is 1. The zero-order valence-electron chi connectivity index (χ0n) is 15.3. The summed E-state index contributed by atoms with van der Waals surface area (Å²) in [4.78, 5) is 24.4. The Balaban J connectivity index is 1.74. The van der Waals surface area contributed by atoms with Crippen LogP contribution in [0.5, 0.6) is 11.5 Å². The minimum atomic E-state index is -0.401. The zero-order chi connectivity index (χ0) is 19.4. The Hall–Kier alpha value is -3.55. The molecule has 0 aliphatic carbocycles. The van der Waals surface area contributed by atoms with Gasteiger partial charge in [0.05, 0.1) is 31.8 Å². The second-order valence-electron chi connectivity index (χ2n) is 5.80. The molecule has 0 unspecified atom stereocenters. The zero-order valence-corrected chi connectivity index (χ0v) is 15.3. The van der Waals surface area contributed by atoms with Gasteiger partial charge in [0.1, 0.15) is 0 Å². The number of fused-ring (bicyclic) bond motifs is 1. The summed E-state index contributed by atoms with van der Waals surface area (Å²) in [6.45, 7) is 0.174. The van der Waals surface area contributed by atoms with Crippen molar-refractivity contribution in [2.75, 3.05) is 19.5 Å². The molecule has 8 nitrogen and oxygen atoms in total. The fraction of sp³-hybridized carbons (Fsp3) is 0.211. The van der Waals surface area contributed by atoms with Crippen LogP contribution in [-0.2, 0) is 13.6 Å². The average Bonchev–Trinajstić information content (AvgIpc) is 2.69. The maximum Gasteiger partial charge on any atom is 0.319 e. The Morgan fingerprint density at radius 3 is 2.48 bits per heavy atom. The van der Waals surface area contributed by atoms with Gasteiger partial charge in [-0.25, -0.2) is 9.48 Å². The second-order valence-corrected chi connectivity index (χ2v) is 5.80. The fourth-order valence-electron chi connectivity index (χ4n) is 2.76. The number of carbonyl (C=O) groups is 1. The summed E-state index contributed by atoms with van der Waals surface area (Å²) in [5.74, 6) is 1.09. The van der Waals surface area contributed by atoms with Gasteiger partial charge in [0.15, 0.2) is 11.5 Å². The summed E-state index contributed by atoms with van der Waals surface area (Å²) >= 11 is 0. The number of hydrogen-bond donors (Lipinski definition) is 2.